The summed E-state index contributed by atoms with van der Waals surface area (Å²) in [6.45, 7) is 2.27. The second-order valence-corrected chi connectivity index (χ2v) is 7.92. The van der Waals surface area contributed by atoms with Crippen molar-refractivity contribution in [3.63, 3.8) is 0 Å². The number of thiol groups is 2. The number of rotatable bonds is 10. The Balaban J connectivity index is 3.05. The van der Waals surface area contributed by atoms with Crippen molar-refractivity contribution < 1.29 is 0 Å². The van der Waals surface area contributed by atoms with Crippen LogP contribution in [-0.4, -0.2) is 27.1 Å². The Bertz CT molecular complexity index is 129. The van der Waals surface area contributed by atoms with Crippen LogP contribution >= 0.6 is 25.3 Å². The van der Waals surface area contributed by atoms with Crippen LogP contribution in [0, 0.1) is 0 Å². The van der Waals surface area contributed by atoms with Crippen LogP contribution in [0.5, 0.6) is 0 Å². The summed E-state index contributed by atoms with van der Waals surface area (Å²) in [5.74, 6) is 0. The van der Waals surface area contributed by atoms with Crippen molar-refractivity contribution in [1.82, 2.24) is 0 Å². The molecule has 89 valence electrons. The van der Waals surface area contributed by atoms with E-state index in [0.29, 0.717) is 4.58 Å². The molecule has 0 saturated heterocycles. The molecule has 0 aromatic rings. The minimum absolute atomic E-state index is 0.299. The van der Waals surface area contributed by atoms with Gasteiger partial charge in [-0.15, -0.1) is 0 Å². The molecular weight excluding hydrogens is 327 g/mol. The second-order valence-electron chi connectivity index (χ2n) is 4.28. The van der Waals surface area contributed by atoms with Gasteiger partial charge in [0.05, 0.1) is 0 Å². The Kier molecular flexibility index (Phi) is 13.2. The molecule has 1 atom stereocenters. The van der Waals surface area contributed by atoms with E-state index in [-0.39, 0.29) is 0 Å². The van der Waals surface area contributed by atoms with Crippen LogP contribution in [-0.2, 0) is 0 Å². The first kappa shape index (κ1) is 16.5. The van der Waals surface area contributed by atoms with Gasteiger partial charge in [-0.1, -0.05) is 0 Å². The molecule has 0 aromatic heterocycles. The summed E-state index contributed by atoms with van der Waals surface area (Å²) in [6, 6.07) is 0. The van der Waals surface area contributed by atoms with E-state index in [0.717, 1.165) is 3.93 Å². The number of unbranched alkanes of at least 4 members (excludes halogenated alkanes) is 7. The average Bonchev–Trinajstić information content (AvgIpc) is 2.21. The molecule has 0 amide bonds. The third-order valence-corrected chi connectivity index (χ3v) is 6.83. The van der Waals surface area contributed by atoms with Crippen molar-refractivity contribution >= 4 is 47.8 Å². The van der Waals surface area contributed by atoms with Crippen LogP contribution in [0.25, 0.3) is 0 Å². The number of hydrogen-bond acceptors (Lipinski definition) is 2. The van der Waals surface area contributed by atoms with Crippen LogP contribution in [0.3, 0.4) is 0 Å². The monoisotopic (exact) mass is 353 g/mol. The topological polar surface area (TPSA) is 0 Å². The van der Waals surface area contributed by atoms with E-state index in [1.54, 1.807) is 22.5 Å². The van der Waals surface area contributed by atoms with Crippen LogP contribution < -0.4 is 0 Å². The molecule has 3 heteroatoms. The molecular formula is C12H25S2Sn. The van der Waals surface area contributed by atoms with E-state index in [9.17, 15) is 0 Å². The van der Waals surface area contributed by atoms with Gasteiger partial charge in [0, 0.05) is 0 Å². The number of hydrogen-bond donors (Lipinski definition) is 2. The maximum atomic E-state index is 4.36. The standard InChI is InChI=1S/C12H25S2.Sn/c1-2-3-4-5-6-7-8-9-10-11-12(13)14;/h11-14H,2-10H2,1H3;. The van der Waals surface area contributed by atoms with Gasteiger partial charge in [0.1, 0.15) is 0 Å². The third kappa shape index (κ3) is 11.8. The Morgan fingerprint density at radius 1 is 0.867 bits per heavy atom. The van der Waals surface area contributed by atoms with Crippen LogP contribution in [0.15, 0.2) is 0 Å². The molecule has 0 rings (SSSR count). The van der Waals surface area contributed by atoms with E-state index in [1.165, 1.54) is 57.8 Å². The van der Waals surface area contributed by atoms with Crippen molar-refractivity contribution in [3.05, 3.63) is 0 Å². The van der Waals surface area contributed by atoms with E-state index in [4.69, 9.17) is 0 Å². The summed E-state index contributed by atoms with van der Waals surface area (Å²) >= 11 is 10.3. The fourth-order valence-corrected chi connectivity index (χ4v) is 2.53. The quantitative estimate of drug-likeness (QED) is 0.243. The van der Waals surface area contributed by atoms with Gasteiger partial charge in [-0.2, -0.15) is 0 Å². The average molecular weight is 352 g/mol. The molecule has 3 radical (unpaired) electrons. The van der Waals surface area contributed by atoms with E-state index in [1.807, 2.05) is 0 Å². The molecule has 0 aromatic carbocycles. The molecule has 0 bridgehead atoms. The normalized spacial score (nSPS) is 13.4. The second kappa shape index (κ2) is 12.0. The molecule has 0 spiro atoms. The fraction of sp³-hybridized carbons (Fsp3) is 1.00. The fourth-order valence-electron chi connectivity index (χ4n) is 1.65. The van der Waals surface area contributed by atoms with Crippen molar-refractivity contribution in [3.8, 4) is 0 Å². The predicted octanol–water partition coefficient (Wildman–Crippen LogP) is 4.66. The van der Waals surface area contributed by atoms with Crippen molar-refractivity contribution in [2.24, 2.45) is 0 Å². The zero-order valence-corrected chi connectivity index (χ0v) is 14.6. The minimum atomic E-state index is 0.299. The first-order valence-corrected chi connectivity index (χ1v) is 8.93. The molecule has 0 aliphatic heterocycles. The zero-order valence-electron chi connectivity index (χ0n) is 9.91. The summed E-state index contributed by atoms with van der Waals surface area (Å²) in [4.78, 5) is 0. The molecule has 0 N–H and O–H groups in total. The van der Waals surface area contributed by atoms with E-state index < -0.39 is 0 Å². The summed E-state index contributed by atoms with van der Waals surface area (Å²) < 4.78 is 1.04. The first-order chi connectivity index (χ1) is 7.18. The van der Waals surface area contributed by atoms with Gasteiger partial charge in [-0.05, 0) is 0 Å². The van der Waals surface area contributed by atoms with Crippen molar-refractivity contribution in [2.45, 2.75) is 73.2 Å². The molecule has 15 heavy (non-hydrogen) atoms. The Morgan fingerprint density at radius 3 is 1.80 bits per heavy atom. The molecule has 0 saturated carbocycles. The predicted molar refractivity (Wildman–Crippen MR) is 78.5 cm³/mol. The summed E-state index contributed by atoms with van der Waals surface area (Å²) in [6.07, 6.45) is 12.6. The Hall–Kier alpha value is 1.50. The summed E-state index contributed by atoms with van der Waals surface area (Å²) in [5.41, 5.74) is 0. The Labute approximate surface area is 120 Å². The van der Waals surface area contributed by atoms with Gasteiger partial charge in [0.2, 0.25) is 0 Å². The maximum absolute atomic E-state index is 4.36. The SMILES string of the molecule is CCCCCCCCCC[CH]([Sn])C(S)S. The van der Waals surface area contributed by atoms with Crippen molar-refractivity contribution in [2.75, 3.05) is 0 Å². The van der Waals surface area contributed by atoms with Gasteiger partial charge in [0.25, 0.3) is 0 Å². The van der Waals surface area contributed by atoms with Gasteiger partial charge in [-0.3, -0.25) is 0 Å². The van der Waals surface area contributed by atoms with Crippen molar-refractivity contribution in [1.29, 1.82) is 0 Å². The van der Waals surface area contributed by atoms with Gasteiger partial charge < -0.3 is 0 Å². The van der Waals surface area contributed by atoms with Gasteiger partial charge >= 0.3 is 121 Å². The Morgan fingerprint density at radius 2 is 1.33 bits per heavy atom. The molecule has 1 unspecified atom stereocenters. The van der Waals surface area contributed by atoms with Gasteiger partial charge in [-0.25, -0.2) is 0 Å². The van der Waals surface area contributed by atoms with Crippen LogP contribution in [0.4, 0.5) is 0 Å². The molecule has 0 fully saturated rings. The van der Waals surface area contributed by atoms with Crippen LogP contribution in [0.2, 0.25) is 3.93 Å². The molecule has 0 heterocycles. The third-order valence-electron chi connectivity index (χ3n) is 2.73. The van der Waals surface area contributed by atoms with Gasteiger partial charge in [0.15, 0.2) is 0 Å². The zero-order chi connectivity index (χ0) is 11.5. The van der Waals surface area contributed by atoms with E-state index in [2.05, 4.69) is 32.2 Å². The summed E-state index contributed by atoms with van der Waals surface area (Å²) in [7, 11) is 0. The first-order valence-electron chi connectivity index (χ1n) is 6.25. The van der Waals surface area contributed by atoms with E-state index >= 15 is 0 Å². The molecule has 0 aliphatic carbocycles. The summed E-state index contributed by atoms with van der Waals surface area (Å²) in [5, 5.41) is 0. The van der Waals surface area contributed by atoms with Crippen LogP contribution in [0.1, 0.15) is 64.7 Å². The molecule has 0 nitrogen and oxygen atoms in total. The molecule has 0 aliphatic rings.